The number of hydrogen-bond donors (Lipinski definition) is 1. The zero-order valence-electron chi connectivity index (χ0n) is 15.5. The summed E-state index contributed by atoms with van der Waals surface area (Å²) >= 11 is 0. The van der Waals surface area contributed by atoms with Crippen molar-refractivity contribution in [1.82, 2.24) is 15.1 Å². The van der Waals surface area contributed by atoms with Crippen LogP contribution in [0.15, 0.2) is 30.3 Å². The molecular formula is C19H29N3O2. The molecule has 1 aromatic heterocycles. The quantitative estimate of drug-likeness (QED) is 0.803. The summed E-state index contributed by atoms with van der Waals surface area (Å²) in [7, 11) is 3.66. The van der Waals surface area contributed by atoms with Crippen molar-refractivity contribution in [3.63, 3.8) is 0 Å². The molecule has 0 spiro atoms. The maximum atomic E-state index is 6.13. The Hall–Kier alpha value is -1.85. The lowest BCUT2D eigenvalue weighted by atomic mass is 10.1. The van der Waals surface area contributed by atoms with E-state index < -0.39 is 0 Å². The van der Waals surface area contributed by atoms with Crippen LogP contribution in [0, 0.1) is 6.92 Å². The third kappa shape index (κ3) is 4.58. The molecule has 0 saturated carbocycles. The third-order valence-corrected chi connectivity index (χ3v) is 4.11. The van der Waals surface area contributed by atoms with Gasteiger partial charge in [-0.25, -0.2) is 0 Å². The second kappa shape index (κ2) is 8.31. The maximum Gasteiger partial charge on any atom is 0.124 e. The number of nitrogens with one attached hydrogen (secondary N) is 1. The molecule has 2 aromatic rings. The first kappa shape index (κ1) is 18.5. The number of methoxy groups -OCH3 is 1. The molecule has 132 valence electrons. The van der Waals surface area contributed by atoms with Crippen molar-refractivity contribution in [1.29, 1.82) is 0 Å². The summed E-state index contributed by atoms with van der Waals surface area (Å²) in [6.45, 7) is 8.97. The molecule has 24 heavy (non-hydrogen) atoms. The number of nitrogens with zero attached hydrogens (tertiary/aromatic N) is 2. The Morgan fingerprint density at radius 3 is 2.50 bits per heavy atom. The van der Waals surface area contributed by atoms with Gasteiger partial charge in [-0.3, -0.25) is 4.68 Å². The van der Waals surface area contributed by atoms with Crippen molar-refractivity contribution in [2.45, 2.75) is 45.9 Å². The first-order valence-electron chi connectivity index (χ1n) is 8.44. The topological polar surface area (TPSA) is 48.3 Å². The zero-order valence-corrected chi connectivity index (χ0v) is 15.5. The fraction of sp³-hybridized carbons (Fsp3) is 0.526. The molecule has 1 N–H and O–H groups in total. The number of aryl methyl sites for hydroxylation is 2. The van der Waals surface area contributed by atoms with Crippen molar-refractivity contribution in [2.24, 2.45) is 7.05 Å². The highest BCUT2D eigenvalue weighted by molar-refractivity contribution is 5.35. The lowest BCUT2D eigenvalue weighted by Crippen LogP contribution is -2.28. The number of rotatable bonds is 8. The van der Waals surface area contributed by atoms with E-state index in [1.165, 1.54) is 0 Å². The largest absolute Gasteiger partial charge is 0.496 e. The molecule has 0 aliphatic rings. The van der Waals surface area contributed by atoms with E-state index in [0.717, 1.165) is 22.7 Å². The minimum absolute atomic E-state index is 0.0755. The summed E-state index contributed by atoms with van der Waals surface area (Å²) in [6.07, 6.45) is 0.0579. The Balaban J connectivity index is 2.11. The molecule has 0 bridgehead atoms. The van der Waals surface area contributed by atoms with Crippen LogP contribution in [0.25, 0.3) is 0 Å². The van der Waals surface area contributed by atoms with E-state index in [-0.39, 0.29) is 18.2 Å². The SMILES string of the molecule is COc1ccccc1[C@@H](CN[C@H](C)c1cc(C)n(C)n1)OC(C)C. The van der Waals surface area contributed by atoms with Crippen molar-refractivity contribution < 1.29 is 9.47 Å². The maximum absolute atomic E-state index is 6.13. The highest BCUT2D eigenvalue weighted by Gasteiger charge is 2.20. The number of para-hydroxylation sites is 1. The van der Waals surface area contributed by atoms with Gasteiger partial charge in [-0.05, 0) is 39.8 Å². The van der Waals surface area contributed by atoms with E-state index in [4.69, 9.17) is 9.47 Å². The lowest BCUT2D eigenvalue weighted by Gasteiger charge is -2.24. The van der Waals surface area contributed by atoms with Crippen LogP contribution in [0.2, 0.25) is 0 Å². The van der Waals surface area contributed by atoms with E-state index in [2.05, 4.69) is 36.4 Å². The molecule has 2 rings (SSSR count). The predicted octanol–water partition coefficient (Wildman–Crippen LogP) is 3.55. The number of hydrogen-bond acceptors (Lipinski definition) is 4. The van der Waals surface area contributed by atoms with Crippen LogP contribution in [-0.4, -0.2) is 29.5 Å². The van der Waals surface area contributed by atoms with Gasteiger partial charge in [-0.2, -0.15) is 5.10 Å². The molecule has 0 aliphatic heterocycles. The molecule has 5 nitrogen and oxygen atoms in total. The second-order valence-electron chi connectivity index (χ2n) is 6.38. The summed E-state index contributed by atoms with van der Waals surface area (Å²) in [5, 5.41) is 8.08. The van der Waals surface area contributed by atoms with E-state index >= 15 is 0 Å². The van der Waals surface area contributed by atoms with Gasteiger partial charge in [-0.15, -0.1) is 0 Å². The van der Waals surface area contributed by atoms with Gasteiger partial charge in [0.25, 0.3) is 0 Å². The molecule has 0 saturated heterocycles. The molecule has 2 atom stereocenters. The van der Waals surface area contributed by atoms with Crippen molar-refractivity contribution in [2.75, 3.05) is 13.7 Å². The average molecular weight is 331 g/mol. The van der Waals surface area contributed by atoms with Crippen LogP contribution in [0.3, 0.4) is 0 Å². The average Bonchev–Trinajstić information content (AvgIpc) is 2.90. The fourth-order valence-corrected chi connectivity index (χ4v) is 2.68. The van der Waals surface area contributed by atoms with Crippen molar-refractivity contribution in [3.8, 4) is 5.75 Å². The summed E-state index contributed by atoms with van der Waals surface area (Å²) in [5.74, 6) is 0.853. The molecule has 0 unspecified atom stereocenters. The van der Waals surface area contributed by atoms with Gasteiger partial charge in [0.2, 0.25) is 0 Å². The molecule has 0 radical (unpaired) electrons. The summed E-state index contributed by atoms with van der Waals surface area (Å²) < 4.78 is 13.5. The molecular weight excluding hydrogens is 302 g/mol. The lowest BCUT2D eigenvalue weighted by molar-refractivity contribution is 0.00466. The molecule has 5 heteroatoms. The van der Waals surface area contributed by atoms with Gasteiger partial charge in [0.05, 0.1) is 25.0 Å². The van der Waals surface area contributed by atoms with Gasteiger partial charge in [0.15, 0.2) is 0 Å². The van der Waals surface area contributed by atoms with Gasteiger partial charge >= 0.3 is 0 Å². The number of benzene rings is 1. The van der Waals surface area contributed by atoms with Crippen LogP contribution in [0.4, 0.5) is 0 Å². The standard InChI is InChI=1S/C19H29N3O2/c1-13(2)24-19(16-9-7-8-10-18(16)23-6)12-20-15(4)17-11-14(3)22(5)21-17/h7-11,13,15,19-20H,12H2,1-6H3/t15-,19-/m1/s1. The van der Waals surface area contributed by atoms with Crippen LogP contribution >= 0.6 is 0 Å². The van der Waals surface area contributed by atoms with E-state index in [1.54, 1.807) is 7.11 Å². The van der Waals surface area contributed by atoms with Crippen molar-refractivity contribution >= 4 is 0 Å². The first-order valence-corrected chi connectivity index (χ1v) is 8.44. The van der Waals surface area contributed by atoms with Gasteiger partial charge in [-0.1, -0.05) is 18.2 Å². The van der Waals surface area contributed by atoms with Gasteiger partial charge in [0, 0.05) is 30.9 Å². The summed E-state index contributed by atoms with van der Waals surface area (Å²) in [6, 6.07) is 10.3. The van der Waals surface area contributed by atoms with Crippen LogP contribution in [0.1, 0.15) is 49.9 Å². The Labute approximate surface area is 145 Å². The van der Waals surface area contributed by atoms with E-state index in [1.807, 2.05) is 43.8 Å². The van der Waals surface area contributed by atoms with E-state index in [0.29, 0.717) is 6.54 Å². The molecule has 0 aliphatic carbocycles. The fourth-order valence-electron chi connectivity index (χ4n) is 2.68. The Bertz CT molecular complexity index is 632. The molecule has 1 aromatic carbocycles. The first-order chi connectivity index (χ1) is 11.4. The van der Waals surface area contributed by atoms with Crippen LogP contribution in [-0.2, 0) is 11.8 Å². The monoisotopic (exact) mass is 331 g/mol. The third-order valence-electron chi connectivity index (χ3n) is 4.11. The molecule has 0 amide bonds. The van der Waals surface area contributed by atoms with Gasteiger partial charge in [0.1, 0.15) is 5.75 Å². The van der Waals surface area contributed by atoms with Crippen LogP contribution in [0.5, 0.6) is 5.75 Å². The summed E-state index contributed by atoms with van der Waals surface area (Å²) in [4.78, 5) is 0. The molecule has 0 fully saturated rings. The highest BCUT2D eigenvalue weighted by Crippen LogP contribution is 2.28. The number of ether oxygens (including phenoxy) is 2. The Morgan fingerprint density at radius 2 is 1.92 bits per heavy atom. The number of aromatic nitrogens is 2. The van der Waals surface area contributed by atoms with Crippen molar-refractivity contribution in [3.05, 3.63) is 47.3 Å². The van der Waals surface area contributed by atoms with Gasteiger partial charge < -0.3 is 14.8 Å². The van der Waals surface area contributed by atoms with E-state index in [9.17, 15) is 0 Å². The minimum atomic E-state index is -0.0755. The molecule has 1 heterocycles. The zero-order chi connectivity index (χ0) is 17.7. The normalized spacial score (nSPS) is 14.0. The highest BCUT2D eigenvalue weighted by atomic mass is 16.5. The Morgan fingerprint density at radius 1 is 1.21 bits per heavy atom. The summed E-state index contributed by atoms with van der Waals surface area (Å²) in [5.41, 5.74) is 3.25. The minimum Gasteiger partial charge on any atom is -0.496 e. The van der Waals surface area contributed by atoms with Crippen LogP contribution < -0.4 is 10.1 Å². The predicted molar refractivity (Wildman–Crippen MR) is 96.3 cm³/mol. The Kier molecular flexibility index (Phi) is 6.40. The second-order valence-corrected chi connectivity index (χ2v) is 6.38. The smallest absolute Gasteiger partial charge is 0.124 e.